The molecule has 0 rings (SSSR count). The highest BCUT2D eigenvalue weighted by molar-refractivity contribution is 14.2. The summed E-state index contributed by atoms with van der Waals surface area (Å²) in [5, 5.41) is 0. The SMILES string of the molecule is O=S(I)(CI)=S=S. The van der Waals surface area contributed by atoms with Gasteiger partial charge in [0.15, 0.2) is 0 Å². The summed E-state index contributed by atoms with van der Waals surface area (Å²) < 4.78 is 11.4. The lowest BCUT2D eigenvalue weighted by Crippen LogP contribution is -1.83. The maximum absolute atomic E-state index is 10.8. The van der Waals surface area contributed by atoms with E-state index in [9.17, 15) is 4.21 Å². The van der Waals surface area contributed by atoms with Crippen LogP contribution in [0.25, 0.3) is 0 Å². The molecule has 0 aliphatic heterocycles. The number of hydrogen-bond acceptors (Lipinski definition) is 2. The van der Waals surface area contributed by atoms with E-state index < -0.39 is 5.66 Å². The third-order valence-electron chi connectivity index (χ3n) is 0.232. The molecule has 0 aromatic heterocycles. The molecule has 44 valence electrons. The van der Waals surface area contributed by atoms with E-state index in [4.69, 9.17) is 0 Å². The van der Waals surface area contributed by atoms with E-state index in [1.165, 1.54) is 0 Å². The first kappa shape index (κ1) is 9.05. The lowest BCUT2D eigenvalue weighted by molar-refractivity contribution is 0.694. The van der Waals surface area contributed by atoms with Crippen molar-refractivity contribution in [3.8, 4) is 0 Å². The summed E-state index contributed by atoms with van der Waals surface area (Å²) in [5.41, 5.74) is -1.72. The quantitative estimate of drug-likeness (QED) is 0.390. The zero-order valence-corrected chi connectivity index (χ0v) is 9.86. The average molecular weight is 380 g/mol. The van der Waals surface area contributed by atoms with E-state index in [0.29, 0.717) is 3.76 Å². The first-order chi connectivity index (χ1) is 3.12. The Morgan fingerprint density at radius 2 is 2.29 bits per heavy atom. The third-order valence-corrected chi connectivity index (χ3v) is 15.9. The predicted octanol–water partition coefficient (Wildman–Crippen LogP) is 1.47. The van der Waals surface area contributed by atoms with Gasteiger partial charge < -0.3 is 0 Å². The van der Waals surface area contributed by atoms with Crippen LogP contribution in [0.3, 0.4) is 0 Å². The Bertz CT molecular complexity index is 173. The summed E-state index contributed by atoms with van der Waals surface area (Å²) in [4.78, 5) is 0. The summed E-state index contributed by atoms with van der Waals surface area (Å²) in [6.45, 7) is 0. The minimum Gasteiger partial charge on any atom is -0.246 e. The normalized spacial score (nSPS) is 18.0. The molecule has 0 bridgehead atoms. The van der Waals surface area contributed by atoms with E-state index in [1.807, 2.05) is 21.2 Å². The van der Waals surface area contributed by atoms with Gasteiger partial charge in [0.25, 0.3) is 0 Å². The number of alkyl halides is 1. The van der Waals surface area contributed by atoms with Crippen LogP contribution in [0.15, 0.2) is 0 Å². The fourth-order valence-electron chi connectivity index (χ4n) is 0.0182. The Labute approximate surface area is 76.2 Å². The van der Waals surface area contributed by atoms with Crippen LogP contribution >= 0.6 is 43.8 Å². The van der Waals surface area contributed by atoms with Crippen LogP contribution in [-0.4, -0.2) is 7.97 Å². The van der Waals surface area contributed by atoms with E-state index in [0.717, 1.165) is 8.88 Å². The van der Waals surface area contributed by atoms with Crippen LogP contribution < -0.4 is 0 Å². The van der Waals surface area contributed by atoms with Gasteiger partial charge in [0.05, 0.1) is 9.42 Å². The van der Waals surface area contributed by atoms with Gasteiger partial charge in [-0.2, -0.15) is 0 Å². The van der Waals surface area contributed by atoms with Crippen LogP contribution in [0.4, 0.5) is 0 Å². The molecular formula is CH2I2OS3. The van der Waals surface area contributed by atoms with E-state index in [1.54, 1.807) is 0 Å². The maximum Gasteiger partial charge on any atom is 0.0947 e. The van der Waals surface area contributed by atoms with Crippen molar-refractivity contribution in [3.05, 3.63) is 0 Å². The maximum atomic E-state index is 10.8. The number of rotatable bonds is 1. The topological polar surface area (TPSA) is 17.1 Å². The van der Waals surface area contributed by atoms with E-state index >= 15 is 0 Å². The van der Waals surface area contributed by atoms with Crippen molar-refractivity contribution in [2.45, 2.75) is 0 Å². The highest BCUT2D eigenvalue weighted by atomic mass is 127. The number of hydrogen-bond donors (Lipinski definition) is 0. The lowest BCUT2D eigenvalue weighted by Gasteiger charge is -1.82. The van der Waals surface area contributed by atoms with Crippen molar-refractivity contribution in [1.82, 2.24) is 0 Å². The zero-order valence-electron chi connectivity index (χ0n) is 3.10. The molecule has 0 saturated heterocycles. The molecule has 1 nitrogen and oxygen atoms in total. The zero-order chi connectivity index (χ0) is 5.91. The molecule has 0 saturated carbocycles. The van der Waals surface area contributed by atoms with Crippen molar-refractivity contribution in [2.75, 3.05) is 3.76 Å². The molecule has 1 atom stereocenters. The van der Waals surface area contributed by atoms with Gasteiger partial charge in [0.2, 0.25) is 0 Å². The second-order valence-electron chi connectivity index (χ2n) is 0.716. The van der Waals surface area contributed by atoms with Gasteiger partial charge in [0, 0.05) is 21.2 Å². The van der Waals surface area contributed by atoms with E-state index in [2.05, 4.69) is 33.8 Å². The summed E-state index contributed by atoms with van der Waals surface area (Å²) in [7, 11) is 1.02. The molecule has 0 spiro atoms. The molecular weight excluding hydrogens is 378 g/mol. The third kappa shape index (κ3) is 4.55. The van der Waals surface area contributed by atoms with Crippen molar-refractivity contribution in [2.24, 2.45) is 0 Å². The highest BCUT2D eigenvalue weighted by Gasteiger charge is 1.92. The van der Waals surface area contributed by atoms with Crippen molar-refractivity contribution < 1.29 is 4.21 Å². The Balaban J connectivity index is 4.52. The minimum atomic E-state index is -1.72. The molecule has 0 radical (unpaired) electrons. The fraction of sp³-hybridized carbons (Fsp3) is 1.00. The van der Waals surface area contributed by atoms with Crippen LogP contribution in [0, 0.1) is 0 Å². The molecule has 0 fully saturated rings. The van der Waals surface area contributed by atoms with E-state index in [-0.39, 0.29) is 0 Å². The molecule has 0 heterocycles. The molecule has 0 N–H and O–H groups in total. The van der Waals surface area contributed by atoms with Gasteiger partial charge in [-0.1, -0.05) is 22.6 Å². The predicted molar refractivity (Wildman–Crippen MR) is 55.8 cm³/mol. The Morgan fingerprint density at radius 3 is 2.29 bits per heavy atom. The molecule has 0 aliphatic carbocycles. The first-order valence-corrected chi connectivity index (χ1v) is 9.26. The monoisotopic (exact) mass is 380 g/mol. The first-order valence-electron chi connectivity index (χ1n) is 1.21. The summed E-state index contributed by atoms with van der Waals surface area (Å²) in [6.07, 6.45) is 0. The molecule has 6 heteroatoms. The van der Waals surface area contributed by atoms with Crippen LogP contribution in [0.5, 0.6) is 0 Å². The Morgan fingerprint density at radius 1 is 1.86 bits per heavy atom. The van der Waals surface area contributed by atoms with Gasteiger partial charge >= 0.3 is 0 Å². The van der Waals surface area contributed by atoms with Crippen LogP contribution in [-0.2, 0) is 25.7 Å². The smallest absolute Gasteiger partial charge is 0.0947 e. The minimum absolute atomic E-state index is 0.638. The second-order valence-corrected chi connectivity index (χ2v) is 13.3. The van der Waals surface area contributed by atoms with Gasteiger partial charge in [-0.25, -0.2) is 4.21 Å². The standard InChI is InChI=1S/CH2I2OS3/c2-1-7(3,4)6-5/h1H2. The van der Waals surface area contributed by atoms with Gasteiger partial charge in [-0.15, -0.1) is 0 Å². The van der Waals surface area contributed by atoms with Crippen molar-refractivity contribution in [1.29, 1.82) is 0 Å². The van der Waals surface area contributed by atoms with Gasteiger partial charge in [0.1, 0.15) is 0 Å². The fourth-order valence-corrected chi connectivity index (χ4v) is 3.29. The van der Waals surface area contributed by atoms with Gasteiger partial charge in [-0.3, -0.25) is 0 Å². The summed E-state index contributed by atoms with van der Waals surface area (Å²) in [6, 6.07) is 0. The molecule has 0 aliphatic rings. The van der Waals surface area contributed by atoms with Crippen LogP contribution in [0.2, 0.25) is 0 Å². The highest BCUT2D eigenvalue weighted by Crippen LogP contribution is 2.06. The summed E-state index contributed by atoms with van der Waals surface area (Å²) >= 11 is 8.46. The van der Waals surface area contributed by atoms with Crippen molar-refractivity contribution in [3.63, 3.8) is 0 Å². The number of halogens is 2. The summed E-state index contributed by atoms with van der Waals surface area (Å²) in [5.74, 6) is 0. The lowest BCUT2D eigenvalue weighted by atomic mass is 12.0. The Kier molecular flexibility index (Phi) is 5.12. The van der Waals surface area contributed by atoms with Gasteiger partial charge in [-0.05, 0) is 20.1 Å². The molecule has 7 heavy (non-hydrogen) atoms. The molecule has 0 aromatic carbocycles. The largest absolute Gasteiger partial charge is 0.246 e. The molecule has 0 amide bonds. The van der Waals surface area contributed by atoms with Crippen LogP contribution in [0.1, 0.15) is 0 Å². The molecule has 0 aromatic rings. The second kappa shape index (κ2) is 3.96. The Hall–Kier alpha value is 2.05. The average Bonchev–Trinajstić information content (AvgIpc) is 1.68. The van der Waals surface area contributed by atoms with Crippen molar-refractivity contribution >= 4 is 69.5 Å². The molecule has 1 unspecified atom stereocenters.